The van der Waals surface area contributed by atoms with Crippen LogP contribution in [-0.4, -0.2) is 6.61 Å². The third-order valence-electron chi connectivity index (χ3n) is 2.35. The van der Waals surface area contributed by atoms with E-state index in [0.29, 0.717) is 19.8 Å². The van der Waals surface area contributed by atoms with Crippen molar-refractivity contribution in [1.82, 2.24) is 0 Å². The first kappa shape index (κ1) is 12.1. The molecule has 3 nitrogen and oxygen atoms in total. The van der Waals surface area contributed by atoms with E-state index >= 15 is 0 Å². The van der Waals surface area contributed by atoms with Crippen LogP contribution >= 0.6 is 11.3 Å². The Labute approximate surface area is 105 Å². The van der Waals surface area contributed by atoms with Crippen molar-refractivity contribution in [1.29, 1.82) is 0 Å². The molecule has 0 aliphatic carbocycles. The highest BCUT2D eigenvalue weighted by Gasteiger charge is 2.03. The van der Waals surface area contributed by atoms with Gasteiger partial charge >= 0.3 is 0 Å². The summed E-state index contributed by atoms with van der Waals surface area (Å²) in [4.78, 5) is 0. The molecule has 0 aliphatic heterocycles. The number of thiophene rings is 1. The fourth-order valence-electron chi connectivity index (χ4n) is 1.47. The Kier molecular flexibility index (Phi) is 4.55. The lowest BCUT2D eigenvalue weighted by atomic mass is 10.2. The van der Waals surface area contributed by atoms with Gasteiger partial charge in [0.05, 0.1) is 26.0 Å². The summed E-state index contributed by atoms with van der Waals surface area (Å²) in [5.41, 5.74) is 7.76. The highest BCUT2D eigenvalue weighted by Crippen LogP contribution is 2.11. The highest BCUT2D eigenvalue weighted by molar-refractivity contribution is 7.08. The first-order chi connectivity index (χ1) is 8.40. The second-order valence-electron chi connectivity index (χ2n) is 3.55. The molecule has 2 N–H and O–H groups in total. The van der Waals surface area contributed by atoms with Gasteiger partial charge in [-0.3, -0.25) is 0 Å². The Morgan fingerprint density at radius 3 is 3.12 bits per heavy atom. The summed E-state index contributed by atoms with van der Waals surface area (Å²) in [5, 5.41) is 4.15. The van der Waals surface area contributed by atoms with Crippen LogP contribution < -0.4 is 5.73 Å². The molecule has 0 saturated carbocycles. The summed E-state index contributed by atoms with van der Waals surface area (Å²) < 4.78 is 10.7. The molecule has 2 rings (SSSR count). The van der Waals surface area contributed by atoms with Gasteiger partial charge in [-0.1, -0.05) is 12.2 Å². The second-order valence-corrected chi connectivity index (χ2v) is 4.33. The second kappa shape index (κ2) is 6.39. The van der Waals surface area contributed by atoms with Crippen molar-refractivity contribution in [2.24, 2.45) is 5.73 Å². The van der Waals surface area contributed by atoms with Gasteiger partial charge in [-0.25, -0.2) is 0 Å². The van der Waals surface area contributed by atoms with Crippen LogP contribution in [0.15, 0.2) is 39.6 Å². The Balaban J connectivity index is 1.73. The Bertz CT molecular complexity index is 459. The maximum Gasteiger partial charge on any atom is 0.122 e. The molecule has 0 atom stereocenters. The molecule has 2 aromatic rings. The standard InChI is InChI=1S/C13H15NO2S/c14-8-13-12(3-6-16-13)9-15-5-1-2-11-4-7-17-10-11/h1-4,6-7,10H,5,8-9,14H2. The van der Waals surface area contributed by atoms with Gasteiger partial charge in [-0.05, 0) is 28.5 Å². The van der Waals surface area contributed by atoms with Gasteiger partial charge in [0.25, 0.3) is 0 Å². The fraction of sp³-hybridized carbons (Fsp3) is 0.231. The van der Waals surface area contributed by atoms with Crippen LogP contribution in [0.3, 0.4) is 0 Å². The number of ether oxygens (including phenoxy) is 1. The SMILES string of the molecule is NCc1occc1COCC=Cc1ccsc1. The predicted molar refractivity (Wildman–Crippen MR) is 69.6 cm³/mol. The number of furan rings is 1. The molecule has 0 aromatic carbocycles. The molecule has 0 radical (unpaired) electrons. The molecule has 0 fully saturated rings. The van der Waals surface area contributed by atoms with Gasteiger partial charge < -0.3 is 14.9 Å². The molecular weight excluding hydrogens is 234 g/mol. The largest absolute Gasteiger partial charge is 0.468 e. The average Bonchev–Trinajstić information content (AvgIpc) is 2.98. The third-order valence-corrected chi connectivity index (χ3v) is 3.05. The predicted octanol–water partition coefficient (Wildman–Crippen LogP) is 3.03. The summed E-state index contributed by atoms with van der Waals surface area (Å²) >= 11 is 1.69. The topological polar surface area (TPSA) is 48.4 Å². The molecule has 0 unspecified atom stereocenters. The Hall–Kier alpha value is -1.36. The van der Waals surface area contributed by atoms with Crippen molar-refractivity contribution in [3.8, 4) is 0 Å². The van der Waals surface area contributed by atoms with Crippen LogP contribution in [-0.2, 0) is 17.9 Å². The van der Waals surface area contributed by atoms with Crippen LogP contribution in [0.1, 0.15) is 16.9 Å². The maximum atomic E-state index is 5.53. The van der Waals surface area contributed by atoms with E-state index < -0.39 is 0 Å². The quantitative estimate of drug-likeness (QED) is 0.800. The van der Waals surface area contributed by atoms with E-state index in [-0.39, 0.29) is 0 Å². The molecule has 0 bridgehead atoms. The highest BCUT2D eigenvalue weighted by atomic mass is 32.1. The van der Waals surface area contributed by atoms with Gasteiger partial charge in [0.1, 0.15) is 5.76 Å². The summed E-state index contributed by atoms with van der Waals surface area (Å²) in [5.74, 6) is 0.798. The summed E-state index contributed by atoms with van der Waals surface area (Å²) in [6.45, 7) is 1.54. The van der Waals surface area contributed by atoms with Crippen molar-refractivity contribution in [2.45, 2.75) is 13.2 Å². The fourth-order valence-corrected chi connectivity index (χ4v) is 2.09. The maximum absolute atomic E-state index is 5.53. The van der Waals surface area contributed by atoms with Gasteiger partial charge in [0, 0.05) is 5.56 Å². The molecule has 0 spiro atoms. The zero-order valence-electron chi connectivity index (χ0n) is 9.46. The minimum atomic E-state index is 0.413. The zero-order chi connectivity index (χ0) is 11.9. The molecule has 90 valence electrons. The number of rotatable bonds is 6. The summed E-state index contributed by atoms with van der Waals surface area (Å²) in [6.07, 6.45) is 5.70. The third kappa shape index (κ3) is 3.56. The lowest BCUT2D eigenvalue weighted by Crippen LogP contribution is -2.00. The monoisotopic (exact) mass is 249 g/mol. The molecule has 4 heteroatoms. The molecular formula is C13H15NO2S. The number of nitrogens with two attached hydrogens (primary N) is 1. The average molecular weight is 249 g/mol. The molecule has 2 aromatic heterocycles. The van der Waals surface area contributed by atoms with E-state index in [0.717, 1.165) is 11.3 Å². The molecule has 2 heterocycles. The number of hydrogen-bond donors (Lipinski definition) is 1. The smallest absolute Gasteiger partial charge is 0.122 e. The first-order valence-electron chi connectivity index (χ1n) is 5.42. The van der Waals surface area contributed by atoms with Crippen molar-refractivity contribution in [3.05, 3.63) is 52.1 Å². The van der Waals surface area contributed by atoms with E-state index in [1.54, 1.807) is 17.6 Å². The van der Waals surface area contributed by atoms with Gasteiger partial charge in [0.2, 0.25) is 0 Å². The van der Waals surface area contributed by atoms with Gasteiger partial charge in [-0.2, -0.15) is 11.3 Å². The van der Waals surface area contributed by atoms with Crippen molar-refractivity contribution in [2.75, 3.05) is 6.61 Å². The lowest BCUT2D eigenvalue weighted by Gasteiger charge is -2.00. The molecule has 17 heavy (non-hydrogen) atoms. The van der Waals surface area contributed by atoms with Crippen LogP contribution in [0.5, 0.6) is 0 Å². The Morgan fingerprint density at radius 1 is 1.41 bits per heavy atom. The molecule has 0 aliphatic rings. The minimum absolute atomic E-state index is 0.413. The van der Waals surface area contributed by atoms with E-state index in [4.69, 9.17) is 14.9 Å². The van der Waals surface area contributed by atoms with Crippen molar-refractivity contribution < 1.29 is 9.15 Å². The van der Waals surface area contributed by atoms with Crippen LogP contribution in [0.25, 0.3) is 6.08 Å². The molecule has 0 amide bonds. The summed E-state index contributed by atoms with van der Waals surface area (Å²) in [7, 11) is 0. The van der Waals surface area contributed by atoms with Crippen molar-refractivity contribution in [3.63, 3.8) is 0 Å². The van der Waals surface area contributed by atoms with E-state index in [1.807, 2.05) is 12.1 Å². The Morgan fingerprint density at radius 2 is 2.35 bits per heavy atom. The van der Waals surface area contributed by atoms with E-state index in [9.17, 15) is 0 Å². The minimum Gasteiger partial charge on any atom is -0.468 e. The number of hydrogen-bond acceptors (Lipinski definition) is 4. The van der Waals surface area contributed by atoms with Crippen LogP contribution in [0, 0.1) is 0 Å². The van der Waals surface area contributed by atoms with Gasteiger partial charge in [-0.15, -0.1) is 0 Å². The molecule has 0 saturated heterocycles. The van der Waals surface area contributed by atoms with E-state index in [1.165, 1.54) is 5.56 Å². The van der Waals surface area contributed by atoms with Gasteiger partial charge in [0.15, 0.2) is 0 Å². The van der Waals surface area contributed by atoms with Crippen LogP contribution in [0.2, 0.25) is 0 Å². The van der Waals surface area contributed by atoms with Crippen molar-refractivity contribution >= 4 is 17.4 Å². The normalized spacial score (nSPS) is 11.4. The van der Waals surface area contributed by atoms with E-state index in [2.05, 4.69) is 22.9 Å². The first-order valence-corrected chi connectivity index (χ1v) is 6.36. The lowest BCUT2D eigenvalue weighted by molar-refractivity contribution is 0.147. The van der Waals surface area contributed by atoms with Crippen LogP contribution in [0.4, 0.5) is 0 Å². The zero-order valence-corrected chi connectivity index (χ0v) is 10.3. The summed E-state index contributed by atoms with van der Waals surface area (Å²) in [6, 6.07) is 3.97.